The minimum atomic E-state index is -0.361. The summed E-state index contributed by atoms with van der Waals surface area (Å²) in [5.74, 6) is 0.955. The number of aromatic nitrogens is 4. The highest BCUT2D eigenvalue weighted by Crippen LogP contribution is 2.37. The van der Waals surface area contributed by atoms with Crippen LogP contribution >= 0.6 is 0 Å². The predicted octanol–water partition coefficient (Wildman–Crippen LogP) is 13.1. The van der Waals surface area contributed by atoms with E-state index in [0.717, 1.165) is 33.3 Å². The summed E-state index contributed by atoms with van der Waals surface area (Å²) in [4.78, 5) is 17.9. The summed E-state index contributed by atoms with van der Waals surface area (Å²) < 4.78 is 16.0. The Morgan fingerprint density at radius 2 is 0.929 bits per heavy atom. The van der Waals surface area contributed by atoms with Crippen molar-refractivity contribution in [2.45, 2.75) is 41.0 Å². The van der Waals surface area contributed by atoms with Crippen molar-refractivity contribution < 1.29 is 4.39 Å². The average molecular weight is 729 g/mol. The van der Waals surface area contributed by atoms with Gasteiger partial charge in [-0.15, -0.1) is 0 Å². The van der Waals surface area contributed by atoms with Crippen molar-refractivity contribution in [3.63, 3.8) is 0 Å². The number of hydrogen-bond acceptors (Lipinski definition) is 3. The van der Waals surface area contributed by atoms with Crippen molar-refractivity contribution in [3.05, 3.63) is 184 Å². The highest BCUT2D eigenvalue weighted by molar-refractivity contribution is 6.09. The van der Waals surface area contributed by atoms with Gasteiger partial charge in [0.2, 0.25) is 0 Å². The Kier molecular flexibility index (Phi) is 8.86. The van der Waals surface area contributed by atoms with E-state index in [2.05, 4.69) is 100 Å². The van der Waals surface area contributed by atoms with Gasteiger partial charge in [0, 0.05) is 32.9 Å². The van der Waals surface area contributed by atoms with E-state index >= 15 is 4.39 Å². The Bertz CT molecular complexity index is 2840. The first-order valence-corrected chi connectivity index (χ1v) is 19.1. The van der Waals surface area contributed by atoms with Crippen molar-refractivity contribution >= 4 is 21.8 Å². The molecular formula is C51H41FN4. The van der Waals surface area contributed by atoms with Crippen LogP contribution in [0.4, 0.5) is 4.39 Å². The van der Waals surface area contributed by atoms with E-state index in [1.807, 2.05) is 66.7 Å². The number of aromatic amines is 1. The smallest absolute Gasteiger partial charge is 0.167 e. The third-order valence-corrected chi connectivity index (χ3v) is 10.8. The molecule has 0 saturated carbocycles. The van der Waals surface area contributed by atoms with Crippen molar-refractivity contribution in [1.82, 2.24) is 19.9 Å². The molecular weight excluding hydrogens is 688 g/mol. The van der Waals surface area contributed by atoms with Crippen molar-refractivity contribution in [2.75, 3.05) is 0 Å². The first-order valence-electron chi connectivity index (χ1n) is 19.1. The third-order valence-electron chi connectivity index (χ3n) is 10.8. The van der Waals surface area contributed by atoms with Gasteiger partial charge in [0.1, 0.15) is 5.82 Å². The second-order valence-electron chi connectivity index (χ2n) is 15.1. The third kappa shape index (κ3) is 6.56. The molecule has 0 amide bonds. The number of halogens is 1. The van der Waals surface area contributed by atoms with Gasteiger partial charge in [-0.1, -0.05) is 121 Å². The first-order chi connectivity index (χ1) is 27.2. The first kappa shape index (κ1) is 35.0. The topological polar surface area (TPSA) is 54.5 Å². The number of nitrogens with one attached hydrogen (secondary N) is 1. The van der Waals surface area contributed by atoms with Gasteiger partial charge >= 0.3 is 0 Å². The number of benzene rings is 7. The molecule has 0 atom stereocenters. The molecule has 56 heavy (non-hydrogen) atoms. The van der Waals surface area contributed by atoms with E-state index in [0.29, 0.717) is 29.5 Å². The number of nitrogens with zero attached hydrogens (tertiary/aromatic N) is 3. The summed E-state index contributed by atoms with van der Waals surface area (Å²) in [6.07, 6.45) is 0.601. The highest BCUT2D eigenvalue weighted by Gasteiger charge is 2.17. The second kappa shape index (κ2) is 14.2. The van der Waals surface area contributed by atoms with Crippen molar-refractivity contribution in [1.29, 1.82) is 0 Å². The molecule has 0 aliphatic carbocycles. The fourth-order valence-electron chi connectivity index (χ4n) is 8.48. The monoisotopic (exact) mass is 728 g/mol. The lowest BCUT2D eigenvalue weighted by Gasteiger charge is -2.14. The van der Waals surface area contributed by atoms with Crippen LogP contribution in [0.25, 0.3) is 78.2 Å². The van der Waals surface area contributed by atoms with Gasteiger partial charge in [0.15, 0.2) is 17.5 Å². The minimum absolute atomic E-state index is 0.307. The molecule has 4 nitrogen and oxygen atoms in total. The van der Waals surface area contributed by atoms with Crippen LogP contribution < -0.4 is 0 Å². The number of H-pyrrole nitrogens is 1. The Hall–Kier alpha value is -6.72. The van der Waals surface area contributed by atoms with Crippen LogP contribution in [0.2, 0.25) is 0 Å². The molecule has 0 aliphatic rings. The fraction of sp³-hybridized carbons (Fsp3) is 0.118. The normalized spacial score (nSPS) is 11.5. The second-order valence-corrected chi connectivity index (χ2v) is 15.1. The van der Waals surface area contributed by atoms with Crippen LogP contribution in [0, 0.1) is 40.4 Å². The van der Waals surface area contributed by atoms with Gasteiger partial charge in [-0.05, 0) is 121 Å². The SMILES string of the molecule is Cc1cc(C)c(-c2ccc3c(c2)[nH]c2cc(-c4c(C)cc(Cc5ccc(-c6nc(-c7ccccc7)nc(-c7ccccc7)n6)c(F)c5)cc4C)ccc23)c(C)c1. The van der Waals surface area contributed by atoms with Crippen LogP contribution in [0.15, 0.2) is 140 Å². The lowest BCUT2D eigenvalue weighted by Crippen LogP contribution is -2.02. The standard InChI is InChI=1S/C51H41FN4/c1-30-22-31(2)47(32(3)23-30)39-17-20-41-42-21-18-40(29-46(42)53-45(41)28-39)48-33(4)24-36(25-34(48)5)26-35-16-19-43(44(52)27-35)51-55-49(37-12-8-6-9-13-37)54-50(56-51)38-14-10-7-11-15-38/h6-25,27-29,53H,26H2,1-5H3. The molecule has 0 radical (unpaired) electrons. The van der Waals surface area contributed by atoms with Gasteiger partial charge in [-0.2, -0.15) is 0 Å². The molecule has 0 bridgehead atoms. The maximum atomic E-state index is 16.0. The molecule has 0 saturated heterocycles. The molecule has 2 aromatic heterocycles. The van der Waals surface area contributed by atoms with E-state index in [-0.39, 0.29) is 5.82 Å². The van der Waals surface area contributed by atoms with Gasteiger partial charge in [-0.3, -0.25) is 0 Å². The highest BCUT2D eigenvalue weighted by atomic mass is 19.1. The lowest BCUT2D eigenvalue weighted by atomic mass is 9.91. The predicted molar refractivity (Wildman–Crippen MR) is 229 cm³/mol. The largest absolute Gasteiger partial charge is 0.354 e. The van der Waals surface area contributed by atoms with Crippen LogP contribution in [0.3, 0.4) is 0 Å². The van der Waals surface area contributed by atoms with E-state index in [9.17, 15) is 0 Å². The van der Waals surface area contributed by atoms with E-state index in [4.69, 9.17) is 15.0 Å². The molecule has 272 valence electrons. The van der Waals surface area contributed by atoms with E-state index in [1.54, 1.807) is 12.1 Å². The summed E-state index contributed by atoms with van der Waals surface area (Å²) in [6.45, 7) is 10.9. The molecule has 7 aromatic carbocycles. The summed E-state index contributed by atoms with van der Waals surface area (Å²) in [5.41, 5.74) is 17.5. The molecule has 0 fully saturated rings. The Morgan fingerprint density at radius 1 is 0.446 bits per heavy atom. The Balaban J connectivity index is 1.00. The quantitative estimate of drug-likeness (QED) is 0.178. The van der Waals surface area contributed by atoms with E-state index < -0.39 is 0 Å². The fourth-order valence-corrected chi connectivity index (χ4v) is 8.48. The molecule has 0 aliphatic heterocycles. The maximum Gasteiger partial charge on any atom is 0.167 e. The summed E-state index contributed by atoms with van der Waals surface area (Å²) in [5, 5.41) is 2.44. The van der Waals surface area contributed by atoms with Crippen molar-refractivity contribution in [3.8, 4) is 56.4 Å². The van der Waals surface area contributed by atoms with Gasteiger partial charge in [-0.25, -0.2) is 19.3 Å². The maximum absolute atomic E-state index is 16.0. The lowest BCUT2D eigenvalue weighted by molar-refractivity contribution is 0.628. The molecule has 5 heteroatoms. The Morgan fingerprint density at radius 3 is 1.43 bits per heavy atom. The molecule has 9 rings (SSSR count). The number of fused-ring (bicyclic) bond motifs is 3. The summed E-state index contributed by atoms with van der Waals surface area (Å²) in [6, 6.07) is 47.3. The summed E-state index contributed by atoms with van der Waals surface area (Å²) >= 11 is 0. The van der Waals surface area contributed by atoms with Crippen LogP contribution in [0.1, 0.15) is 38.9 Å². The molecule has 0 spiro atoms. The molecule has 0 unspecified atom stereocenters. The average Bonchev–Trinajstić information content (AvgIpc) is 3.55. The summed E-state index contributed by atoms with van der Waals surface area (Å²) in [7, 11) is 0. The van der Waals surface area contributed by atoms with Gasteiger partial charge in [0.05, 0.1) is 5.56 Å². The number of rotatable bonds is 7. The molecule has 9 aromatic rings. The van der Waals surface area contributed by atoms with Crippen molar-refractivity contribution in [2.24, 2.45) is 0 Å². The zero-order valence-corrected chi connectivity index (χ0v) is 32.2. The number of aryl methyl sites for hydroxylation is 5. The van der Waals surface area contributed by atoms with E-state index in [1.165, 1.54) is 60.8 Å². The van der Waals surface area contributed by atoms with Gasteiger partial charge < -0.3 is 4.98 Å². The number of hydrogen-bond donors (Lipinski definition) is 1. The van der Waals surface area contributed by atoms with Crippen LogP contribution in [0.5, 0.6) is 0 Å². The van der Waals surface area contributed by atoms with Crippen LogP contribution in [-0.2, 0) is 6.42 Å². The zero-order valence-electron chi connectivity index (χ0n) is 32.2. The molecule has 1 N–H and O–H groups in total. The van der Waals surface area contributed by atoms with Gasteiger partial charge in [0.25, 0.3) is 0 Å². The van der Waals surface area contributed by atoms with Crippen LogP contribution in [-0.4, -0.2) is 19.9 Å². The Labute approximate surface area is 326 Å². The molecule has 2 heterocycles. The zero-order chi connectivity index (χ0) is 38.5. The minimum Gasteiger partial charge on any atom is -0.354 e.